The number of carboxylic acid groups (broad SMARTS) is 1. The van der Waals surface area contributed by atoms with E-state index in [0.717, 1.165) is 10.8 Å². The standard InChI is InChI=1S/C13H6F3N3O4/c1-4-12(18-23-17-4)19-3-6(13(21)22)11(20)5-2-7(14)8(15)9(16)10(5)19/h2-3H,1H3,(H,21,22). The van der Waals surface area contributed by atoms with Crippen LogP contribution in [0.5, 0.6) is 0 Å². The fraction of sp³-hybridized carbons (Fsp3) is 0.0769. The van der Waals surface area contributed by atoms with E-state index in [2.05, 4.69) is 14.9 Å². The second kappa shape index (κ2) is 4.93. The highest BCUT2D eigenvalue weighted by Crippen LogP contribution is 2.24. The number of pyridine rings is 1. The highest BCUT2D eigenvalue weighted by Gasteiger charge is 2.24. The fourth-order valence-electron chi connectivity index (χ4n) is 2.16. The van der Waals surface area contributed by atoms with Gasteiger partial charge >= 0.3 is 5.97 Å². The van der Waals surface area contributed by atoms with Gasteiger partial charge in [-0.05, 0) is 18.1 Å². The second-order valence-corrected chi connectivity index (χ2v) is 4.60. The molecule has 3 aromatic rings. The van der Waals surface area contributed by atoms with Gasteiger partial charge in [0.05, 0.1) is 10.9 Å². The number of rotatable bonds is 2. The van der Waals surface area contributed by atoms with Gasteiger partial charge in [0.25, 0.3) is 0 Å². The maximum Gasteiger partial charge on any atom is 0.341 e. The average molecular weight is 325 g/mol. The Morgan fingerprint density at radius 2 is 1.96 bits per heavy atom. The Morgan fingerprint density at radius 3 is 2.52 bits per heavy atom. The Kier molecular flexibility index (Phi) is 3.17. The van der Waals surface area contributed by atoms with Gasteiger partial charge < -0.3 is 5.11 Å². The first-order valence-corrected chi connectivity index (χ1v) is 6.08. The first-order valence-electron chi connectivity index (χ1n) is 6.08. The molecule has 0 aliphatic carbocycles. The molecule has 1 N–H and O–H groups in total. The van der Waals surface area contributed by atoms with Crippen LogP contribution in [0.1, 0.15) is 16.1 Å². The Bertz CT molecular complexity index is 1030. The number of carbonyl (C=O) groups is 1. The van der Waals surface area contributed by atoms with Crippen LogP contribution in [0.2, 0.25) is 0 Å². The Balaban J connectivity index is 2.60. The maximum atomic E-state index is 14.2. The molecule has 10 heteroatoms. The zero-order chi connectivity index (χ0) is 16.9. The molecule has 2 aromatic heterocycles. The molecule has 0 amide bonds. The van der Waals surface area contributed by atoms with Crippen LogP contribution in [0.3, 0.4) is 0 Å². The third kappa shape index (κ3) is 2.06. The molecule has 0 spiro atoms. The molecule has 0 bridgehead atoms. The SMILES string of the molecule is Cc1nonc1-n1cc(C(=O)O)c(=O)c2cc(F)c(F)c(F)c21. The molecule has 0 saturated carbocycles. The monoisotopic (exact) mass is 325 g/mol. The van der Waals surface area contributed by atoms with Crippen LogP contribution in [0.4, 0.5) is 13.2 Å². The lowest BCUT2D eigenvalue weighted by Gasteiger charge is -2.11. The van der Waals surface area contributed by atoms with Crippen LogP contribution in [0, 0.1) is 24.4 Å². The van der Waals surface area contributed by atoms with Gasteiger partial charge in [0.2, 0.25) is 11.2 Å². The van der Waals surface area contributed by atoms with Gasteiger partial charge in [-0.3, -0.25) is 9.36 Å². The molecular weight excluding hydrogens is 319 g/mol. The van der Waals surface area contributed by atoms with Crippen molar-refractivity contribution in [2.75, 3.05) is 0 Å². The number of aryl methyl sites for hydroxylation is 1. The average Bonchev–Trinajstić information content (AvgIpc) is 2.91. The first-order chi connectivity index (χ1) is 10.8. The molecule has 0 fully saturated rings. The van der Waals surface area contributed by atoms with Crippen molar-refractivity contribution in [2.24, 2.45) is 0 Å². The number of aromatic carboxylic acids is 1. The van der Waals surface area contributed by atoms with Crippen LogP contribution in [-0.4, -0.2) is 26.0 Å². The summed E-state index contributed by atoms with van der Waals surface area (Å²) in [6.07, 6.45) is 0.750. The summed E-state index contributed by atoms with van der Waals surface area (Å²) in [5, 5.41) is 15.3. The van der Waals surface area contributed by atoms with Gasteiger partial charge in [-0.1, -0.05) is 5.16 Å². The molecule has 0 unspecified atom stereocenters. The lowest BCUT2D eigenvalue weighted by Crippen LogP contribution is -2.20. The Labute approximate surface area is 124 Å². The molecule has 0 aliphatic heterocycles. The molecule has 0 radical (unpaired) electrons. The predicted molar refractivity (Wildman–Crippen MR) is 69.0 cm³/mol. The number of halogens is 3. The third-order valence-electron chi connectivity index (χ3n) is 3.21. The molecule has 1 aromatic carbocycles. The minimum Gasteiger partial charge on any atom is -0.477 e. The van der Waals surface area contributed by atoms with E-state index in [4.69, 9.17) is 5.11 Å². The number of benzene rings is 1. The summed E-state index contributed by atoms with van der Waals surface area (Å²) < 4.78 is 46.3. The van der Waals surface area contributed by atoms with E-state index in [1.807, 2.05) is 0 Å². The van der Waals surface area contributed by atoms with E-state index in [-0.39, 0.29) is 11.5 Å². The molecule has 0 saturated heterocycles. The second-order valence-electron chi connectivity index (χ2n) is 4.60. The molecule has 0 atom stereocenters. The number of nitrogens with zero attached hydrogens (tertiary/aromatic N) is 3. The van der Waals surface area contributed by atoms with Gasteiger partial charge in [0.1, 0.15) is 11.3 Å². The van der Waals surface area contributed by atoms with E-state index in [1.54, 1.807) is 0 Å². The maximum absolute atomic E-state index is 14.2. The smallest absolute Gasteiger partial charge is 0.341 e. The number of carboxylic acids is 1. The van der Waals surface area contributed by atoms with Crippen molar-refractivity contribution in [3.05, 3.63) is 51.2 Å². The van der Waals surface area contributed by atoms with Crippen LogP contribution < -0.4 is 5.43 Å². The number of fused-ring (bicyclic) bond motifs is 1. The van der Waals surface area contributed by atoms with Gasteiger partial charge in [0, 0.05) is 6.20 Å². The van der Waals surface area contributed by atoms with Crippen molar-refractivity contribution < 1.29 is 27.7 Å². The highest BCUT2D eigenvalue weighted by molar-refractivity contribution is 5.93. The summed E-state index contributed by atoms with van der Waals surface area (Å²) in [6.45, 7) is 1.41. The predicted octanol–water partition coefficient (Wildman–Crippen LogP) is 1.80. The first kappa shape index (κ1) is 14.8. The molecule has 23 heavy (non-hydrogen) atoms. The Morgan fingerprint density at radius 1 is 1.26 bits per heavy atom. The van der Waals surface area contributed by atoms with Crippen LogP contribution in [-0.2, 0) is 0 Å². The van der Waals surface area contributed by atoms with Gasteiger partial charge in [-0.2, -0.15) is 0 Å². The zero-order valence-electron chi connectivity index (χ0n) is 11.3. The van der Waals surface area contributed by atoms with Crippen LogP contribution in [0.25, 0.3) is 16.7 Å². The molecular formula is C13H6F3N3O4. The number of hydrogen-bond donors (Lipinski definition) is 1. The summed E-state index contributed by atoms with van der Waals surface area (Å²) in [5.74, 6) is -6.86. The van der Waals surface area contributed by atoms with Gasteiger partial charge in [0.15, 0.2) is 17.5 Å². The topological polar surface area (TPSA) is 98.2 Å². The summed E-state index contributed by atoms with van der Waals surface area (Å²) in [5.41, 5.74) is -2.48. The Hall–Kier alpha value is -3.17. The van der Waals surface area contributed by atoms with Crippen molar-refractivity contribution in [3.8, 4) is 5.82 Å². The van der Waals surface area contributed by atoms with E-state index in [9.17, 15) is 22.8 Å². The summed E-state index contributed by atoms with van der Waals surface area (Å²) in [7, 11) is 0. The quantitative estimate of drug-likeness (QED) is 0.721. The molecule has 7 nitrogen and oxygen atoms in total. The molecule has 2 heterocycles. The van der Waals surface area contributed by atoms with Crippen LogP contribution in [0.15, 0.2) is 21.7 Å². The minimum absolute atomic E-state index is 0.121. The van der Waals surface area contributed by atoms with Crippen molar-refractivity contribution in [3.63, 3.8) is 0 Å². The fourth-order valence-corrected chi connectivity index (χ4v) is 2.16. The van der Waals surface area contributed by atoms with Crippen molar-refractivity contribution >= 4 is 16.9 Å². The minimum atomic E-state index is -1.80. The molecule has 3 rings (SSSR count). The van der Waals surface area contributed by atoms with Crippen molar-refractivity contribution in [1.29, 1.82) is 0 Å². The lowest BCUT2D eigenvalue weighted by molar-refractivity contribution is 0.0695. The largest absolute Gasteiger partial charge is 0.477 e. The summed E-state index contributed by atoms with van der Waals surface area (Å²) >= 11 is 0. The van der Waals surface area contributed by atoms with E-state index >= 15 is 0 Å². The van der Waals surface area contributed by atoms with Crippen molar-refractivity contribution in [1.82, 2.24) is 14.9 Å². The van der Waals surface area contributed by atoms with E-state index in [0.29, 0.717) is 6.07 Å². The number of aromatic nitrogens is 3. The van der Waals surface area contributed by atoms with E-state index in [1.165, 1.54) is 6.92 Å². The summed E-state index contributed by atoms with van der Waals surface area (Å²) in [6, 6.07) is 0.432. The van der Waals surface area contributed by atoms with E-state index < -0.39 is 45.3 Å². The molecule has 0 aliphatic rings. The number of hydrogen-bond acceptors (Lipinski definition) is 5. The normalized spacial score (nSPS) is 11.1. The third-order valence-corrected chi connectivity index (χ3v) is 3.21. The van der Waals surface area contributed by atoms with Gasteiger partial charge in [-0.25, -0.2) is 22.6 Å². The lowest BCUT2D eigenvalue weighted by atomic mass is 10.1. The summed E-state index contributed by atoms with van der Waals surface area (Å²) in [4.78, 5) is 23.3. The van der Waals surface area contributed by atoms with Gasteiger partial charge in [-0.15, -0.1) is 0 Å². The molecule has 118 valence electrons. The van der Waals surface area contributed by atoms with Crippen molar-refractivity contribution in [2.45, 2.75) is 6.92 Å². The van der Waals surface area contributed by atoms with Crippen LogP contribution >= 0.6 is 0 Å². The highest BCUT2D eigenvalue weighted by atomic mass is 19.2. The zero-order valence-corrected chi connectivity index (χ0v) is 11.3.